The third-order valence-corrected chi connectivity index (χ3v) is 7.10. The Bertz CT molecular complexity index is 1010. The molecule has 0 radical (unpaired) electrons. The lowest BCUT2D eigenvalue weighted by Gasteiger charge is -2.23. The Kier molecular flexibility index (Phi) is 8.61. The highest BCUT2D eigenvalue weighted by Crippen LogP contribution is 2.46. The highest BCUT2D eigenvalue weighted by molar-refractivity contribution is 7.52. The van der Waals surface area contributed by atoms with Crippen molar-refractivity contribution in [2.45, 2.75) is 52.2 Å². The van der Waals surface area contributed by atoms with Gasteiger partial charge in [0.2, 0.25) is 0 Å². The van der Waals surface area contributed by atoms with E-state index in [0.717, 1.165) is 25.7 Å². The van der Waals surface area contributed by atoms with Crippen LogP contribution in [0.4, 0.5) is 0 Å². The molecule has 178 valence electrons. The van der Waals surface area contributed by atoms with Gasteiger partial charge in [0.05, 0.1) is 24.5 Å². The van der Waals surface area contributed by atoms with Crippen molar-refractivity contribution < 1.29 is 33.0 Å². The van der Waals surface area contributed by atoms with E-state index in [0.29, 0.717) is 18.8 Å². The number of aromatic hydroxyl groups is 1. The first-order chi connectivity index (χ1) is 15.8. The predicted molar refractivity (Wildman–Crippen MR) is 121 cm³/mol. The van der Waals surface area contributed by atoms with Gasteiger partial charge in [0, 0.05) is 11.8 Å². The van der Waals surface area contributed by atoms with Crippen LogP contribution in [0.2, 0.25) is 0 Å². The molecule has 1 fully saturated rings. The van der Waals surface area contributed by atoms with E-state index >= 15 is 0 Å². The van der Waals surface area contributed by atoms with Crippen LogP contribution in [0, 0.1) is 12.8 Å². The fourth-order valence-corrected chi connectivity index (χ4v) is 5.02. The van der Waals surface area contributed by atoms with Crippen LogP contribution in [-0.2, 0) is 25.2 Å². The number of aldehydes is 1. The molecule has 0 bridgehead atoms. The summed E-state index contributed by atoms with van der Waals surface area (Å²) in [7, 11) is -4.10. The molecule has 0 aliphatic heterocycles. The molecule has 33 heavy (non-hydrogen) atoms. The Hall–Kier alpha value is -2.74. The minimum Gasteiger partial charge on any atom is -0.505 e. The zero-order valence-corrected chi connectivity index (χ0v) is 19.6. The molecule has 1 aromatic carbocycles. The number of nitrogens with one attached hydrogen (secondary N) is 1. The third-order valence-electron chi connectivity index (χ3n) is 5.48. The van der Waals surface area contributed by atoms with Crippen molar-refractivity contribution in [1.82, 2.24) is 10.1 Å². The first kappa shape index (κ1) is 24.9. The van der Waals surface area contributed by atoms with Gasteiger partial charge < -0.3 is 14.4 Å². The van der Waals surface area contributed by atoms with Gasteiger partial charge in [-0.25, -0.2) is 4.57 Å². The quantitative estimate of drug-likeness (QED) is 0.277. The van der Waals surface area contributed by atoms with E-state index in [1.165, 1.54) is 13.1 Å². The maximum atomic E-state index is 13.5. The van der Waals surface area contributed by atoms with Crippen molar-refractivity contribution >= 4 is 20.0 Å². The van der Waals surface area contributed by atoms with Crippen LogP contribution in [0.1, 0.15) is 54.2 Å². The number of esters is 1. The van der Waals surface area contributed by atoms with Crippen molar-refractivity contribution in [1.29, 1.82) is 0 Å². The van der Waals surface area contributed by atoms with Gasteiger partial charge >= 0.3 is 13.7 Å². The second kappa shape index (κ2) is 11.4. The molecule has 10 heteroatoms. The van der Waals surface area contributed by atoms with Crippen LogP contribution in [-0.4, -0.2) is 35.0 Å². The van der Waals surface area contributed by atoms with Crippen LogP contribution >= 0.6 is 7.75 Å². The molecule has 1 heterocycles. The first-order valence-electron chi connectivity index (χ1n) is 10.9. The lowest BCUT2D eigenvalue weighted by Crippen LogP contribution is -2.35. The number of pyridine rings is 1. The normalized spacial score (nSPS) is 16.7. The van der Waals surface area contributed by atoms with Gasteiger partial charge in [0.25, 0.3) is 0 Å². The number of carbonyl (C=O) groups excluding carboxylic acids is 2. The molecule has 2 atom stereocenters. The Morgan fingerprint density at radius 1 is 1.30 bits per heavy atom. The lowest BCUT2D eigenvalue weighted by molar-refractivity contribution is -0.146. The summed E-state index contributed by atoms with van der Waals surface area (Å²) in [5.41, 5.74) is 0.488. The van der Waals surface area contributed by atoms with Gasteiger partial charge in [-0.05, 0) is 44.7 Å². The van der Waals surface area contributed by atoms with Crippen LogP contribution < -0.4 is 9.61 Å². The maximum Gasteiger partial charge on any atom is 0.459 e. The van der Waals surface area contributed by atoms with E-state index in [4.69, 9.17) is 13.8 Å². The summed E-state index contributed by atoms with van der Waals surface area (Å²) in [5, 5.41) is 12.7. The molecule has 2 N–H and O–H groups in total. The number of aryl methyl sites for hydroxylation is 1. The fraction of sp³-hybridized carbons (Fsp3) is 0.435. The predicted octanol–water partition coefficient (Wildman–Crippen LogP) is 4.32. The minimum absolute atomic E-state index is 0.0159. The summed E-state index contributed by atoms with van der Waals surface area (Å²) in [6.07, 6.45) is 6.16. The Balaban J connectivity index is 1.72. The Morgan fingerprint density at radius 3 is 2.67 bits per heavy atom. The number of para-hydroxylation sites is 1. The molecule has 0 saturated heterocycles. The molecule has 0 spiro atoms. The van der Waals surface area contributed by atoms with Gasteiger partial charge in [0.1, 0.15) is 17.5 Å². The van der Waals surface area contributed by atoms with Gasteiger partial charge in [-0.1, -0.05) is 31.0 Å². The average Bonchev–Trinajstić information content (AvgIpc) is 3.32. The van der Waals surface area contributed by atoms with Gasteiger partial charge in [-0.15, -0.1) is 0 Å². The minimum atomic E-state index is -4.10. The van der Waals surface area contributed by atoms with Gasteiger partial charge in [0.15, 0.2) is 6.29 Å². The monoisotopic (exact) mass is 476 g/mol. The van der Waals surface area contributed by atoms with Crippen LogP contribution in [0.25, 0.3) is 0 Å². The number of rotatable bonds is 11. The van der Waals surface area contributed by atoms with E-state index in [1.54, 1.807) is 37.3 Å². The summed E-state index contributed by atoms with van der Waals surface area (Å²) in [6, 6.07) is 7.38. The molecule has 9 nitrogen and oxygen atoms in total. The molecule has 1 unspecified atom stereocenters. The molecular weight excluding hydrogens is 447 g/mol. The first-order valence-corrected chi connectivity index (χ1v) is 12.4. The lowest BCUT2D eigenvalue weighted by atomic mass is 10.1. The molecular formula is C23H29N2O7P. The standard InChI is InChI=1S/C23H29N2O7P/c1-16-22(27)21(13-26)19(12-24-16)15-31-33(29,32-20-10-4-3-5-11-20)25-17(2)23(28)30-14-18-8-6-7-9-18/h3-5,10-13,17-18,27H,6-9,14-15H2,1-2H3,(H,25,29)/t17-,33?/m0/s1. The largest absolute Gasteiger partial charge is 0.505 e. The number of hydrogen-bond acceptors (Lipinski definition) is 8. The van der Waals surface area contributed by atoms with E-state index in [9.17, 15) is 19.3 Å². The van der Waals surface area contributed by atoms with Crippen LogP contribution in [0.5, 0.6) is 11.5 Å². The van der Waals surface area contributed by atoms with Gasteiger partial charge in [-0.3, -0.25) is 19.1 Å². The molecule has 2 aromatic rings. The number of benzene rings is 1. The van der Waals surface area contributed by atoms with E-state index in [2.05, 4.69) is 10.1 Å². The second-order valence-corrected chi connectivity index (χ2v) is 9.75. The number of aromatic nitrogens is 1. The zero-order valence-electron chi connectivity index (χ0n) is 18.7. The second-order valence-electron chi connectivity index (χ2n) is 8.06. The molecule has 1 aliphatic carbocycles. The van der Waals surface area contributed by atoms with Crippen molar-refractivity contribution in [2.75, 3.05) is 6.61 Å². The average molecular weight is 476 g/mol. The number of hydrogen-bond donors (Lipinski definition) is 2. The topological polar surface area (TPSA) is 124 Å². The van der Waals surface area contributed by atoms with Gasteiger partial charge in [-0.2, -0.15) is 5.09 Å². The van der Waals surface area contributed by atoms with Crippen LogP contribution in [0.3, 0.4) is 0 Å². The highest BCUT2D eigenvalue weighted by atomic mass is 31.2. The molecule has 1 aromatic heterocycles. The van der Waals surface area contributed by atoms with Crippen molar-refractivity contribution in [3.8, 4) is 11.5 Å². The molecule has 3 rings (SSSR count). The molecule has 0 amide bonds. The smallest absolute Gasteiger partial charge is 0.459 e. The number of nitrogens with zero attached hydrogens (tertiary/aromatic N) is 1. The third kappa shape index (κ3) is 6.87. The van der Waals surface area contributed by atoms with E-state index in [-0.39, 0.29) is 34.9 Å². The summed E-state index contributed by atoms with van der Waals surface area (Å²) < 4.78 is 30.1. The number of carbonyl (C=O) groups is 2. The molecule has 1 aliphatic rings. The Morgan fingerprint density at radius 2 is 2.00 bits per heavy atom. The summed E-state index contributed by atoms with van der Waals surface area (Å²) in [6.45, 7) is 3.04. The van der Waals surface area contributed by atoms with E-state index in [1.807, 2.05) is 0 Å². The van der Waals surface area contributed by atoms with E-state index < -0.39 is 19.8 Å². The summed E-state index contributed by atoms with van der Waals surface area (Å²) in [5.74, 6) is -0.221. The zero-order chi connectivity index (χ0) is 23.8. The maximum absolute atomic E-state index is 13.5. The van der Waals surface area contributed by atoms with Crippen molar-refractivity contribution in [3.63, 3.8) is 0 Å². The highest BCUT2D eigenvalue weighted by Gasteiger charge is 2.33. The fourth-order valence-electron chi connectivity index (χ4n) is 3.56. The van der Waals surface area contributed by atoms with Crippen LogP contribution in [0.15, 0.2) is 36.5 Å². The van der Waals surface area contributed by atoms with Crippen molar-refractivity contribution in [2.24, 2.45) is 5.92 Å². The summed E-state index contributed by atoms with van der Waals surface area (Å²) in [4.78, 5) is 27.9. The number of ether oxygens (including phenoxy) is 1. The summed E-state index contributed by atoms with van der Waals surface area (Å²) >= 11 is 0. The SMILES string of the molecule is Cc1ncc(COP(=O)(N[C@@H](C)C(=O)OCC2CCCC2)Oc2ccccc2)c(C=O)c1O. The Labute approximate surface area is 193 Å². The molecule has 1 saturated carbocycles. The van der Waals surface area contributed by atoms with Crippen molar-refractivity contribution in [3.05, 3.63) is 53.3 Å².